The lowest BCUT2D eigenvalue weighted by molar-refractivity contribution is 0.644. The maximum absolute atomic E-state index is 7.70. The van der Waals surface area contributed by atoms with Gasteiger partial charge in [0.05, 0.1) is 0 Å². The average molecular weight is 135 g/mol. The van der Waals surface area contributed by atoms with E-state index in [9.17, 15) is 0 Å². The van der Waals surface area contributed by atoms with Gasteiger partial charge in [-0.25, -0.2) is 0 Å². The molecule has 0 bridgehead atoms. The first-order chi connectivity index (χ1) is 5.79. The summed E-state index contributed by atoms with van der Waals surface area (Å²) in [6, 6.07) is 7.70. The monoisotopic (exact) mass is 135 g/mol. The van der Waals surface area contributed by atoms with E-state index in [1.165, 1.54) is 0 Å². The quantitative estimate of drug-likeness (QED) is 0.566. The van der Waals surface area contributed by atoms with Crippen molar-refractivity contribution in [3.8, 4) is 0 Å². The normalized spacial score (nSPS) is 34.0. The van der Waals surface area contributed by atoms with Crippen molar-refractivity contribution in [1.82, 2.24) is 5.32 Å². The van der Waals surface area contributed by atoms with Crippen LogP contribution in [-0.4, -0.2) is 6.54 Å². The highest BCUT2D eigenvalue weighted by Crippen LogP contribution is 2.11. The minimum Gasteiger partial charge on any atom is -0.312 e. The van der Waals surface area contributed by atoms with Gasteiger partial charge in [0, 0.05) is 9.26 Å². The predicted molar refractivity (Wildman–Crippen MR) is 41.9 cm³/mol. The predicted octanol–water partition coefficient (Wildman–Crippen LogP) is 1.33. The first-order valence-corrected chi connectivity index (χ1v) is 3.46. The van der Waals surface area contributed by atoms with Crippen molar-refractivity contribution in [2.75, 3.05) is 6.54 Å². The number of hydrogen-bond donors (Lipinski definition) is 1. The van der Waals surface area contributed by atoms with E-state index in [-0.39, 0.29) is 12.9 Å². The van der Waals surface area contributed by atoms with E-state index in [0.717, 1.165) is 11.1 Å². The lowest BCUT2D eigenvalue weighted by Crippen LogP contribution is -2.23. The molecule has 2 atom stereocenters. The molecule has 0 aromatic heterocycles. The molecule has 1 nitrogen and oxygen atoms in total. The standard InChI is InChI=1S/C9H11N/c1-2-4-9-7-10-6-5-8(9)3-1/h1-4,10H,5-7H2/i5D,7D. The third-order valence-electron chi connectivity index (χ3n) is 1.69. The highest BCUT2D eigenvalue weighted by Gasteiger charge is 2.05. The van der Waals surface area contributed by atoms with Crippen LogP contribution in [0, 0.1) is 0 Å². The lowest BCUT2D eigenvalue weighted by atomic mass is 10.0. The molecular weight excluding hydrogens is 122 g/mol. The van der Waals surface area contributed by atoms with Crippen LogP contribution in [0.5, 0.6) is 0 Å². The number of nitrogens with one attached hydrogen (secondary N) is 1. The molecule has 0 saturated heterocycles. The molecule has 1 aromatic carbocycles. The number of benzene rings is 1. The fraction of sp³-hybridized carbons (Fsp3) is 0.333. The fourth-order valence-corrected chi connectivity index (χ4v) is 1.17. The molecule has 0 radical (unpaired) electrons. The summed E-state index contributed by atoms with van der Waals surface area (Å²) in [5, 5.41) is 2.97. The molecule has 1 heteroatoms. The molecular formula is C9H11N. The molecule has 1 aliphatic rings. The molecule has 0 saturated carbocycles. The molecule has 52 valence electrons. The van der Waals surface area contributed by atoms with E-state index in [1.807, 2.05) is 24.3 Å². The zero-order chi connectivity index (χ0) is 8.55. The van der Waals surface area contributed by atoms with Crippen LogP contribution in [-0.2, 0) is 12.9 Å². The van der Waals surface area contributed by atoms with Gasteiger partial charge in [-0.3, -0.25) is 0 Å². The molecule has 0 amide bonds. The van der Waals surface area contributed by atoms with Gasteiger partial charge in [-0.15, -0.1) is 0 Å². The second-order valence-corrected chi connectivity index (χ2v) is 2.39. The zero-order valence-corrected chi connectivity index (χ0v) is 5.67. The Hall–Kier alpha value is -0.820. The van der Waals surface area contributed by atoms with Gasteiger partial charge in [0.1, 0.15) is 0 Å². The summed E-state index contributed by atoms with van der Waals surface area (Å²) in [6.45, 7) is 0.244. The summed E-state index contributed by atoms with van der Waals surface area (Å²) in [4.78, 5) is 0. The summed E-state index contributed by atoms with van der Waals surface area (Å²) in [7, 11) is 0. The van der Waals surface area contributed by atoms with E-state index >= 15 is 0 Å². The van der Waals surface area contributed by atoms with Crippen molar-refractivity contribution in [2.24, 2.45) is 0 Å². The summed E-state index contributed by atoms with van der Waals surface area (Å²) in [5.41, 5.74) is 1.94. The van der Waals surface area contributed by atoms with E-state index in [1.54, 1.807) is 0 Å². The smallest absolute Gasteiger partial charge is 0.0479 e. The van der Waals surface area contributed by atoms with E-state index < -0.39 is 0 Å². The van der Waals surface area contributed by atoms with Gasteiger partial charge in [0.15, 0.2) is 0 Å². The first-order valence-electron chi connectivity index (χ1n) is 4.61. The Kier molecular flexibility index (Phi) is 1.01. The van der Waals surface area contributed by atoms with E-state index in [4.69, 9.17) is 2.74 Å². The van der Waals surface area contributed by atoms with Gasteiger partial charge >= 0.3 is 0 Å². The van der Waals surface area contributed by atoms with Gasteiger partial charge in [0.2, 0.25) is 0 Å². The number of hydrogen-bond acceptors (Lipinski definition) is 1. The fourth-order valence-electron chi connectivity index (χ4n) is 1.17. The van der Waals surface area contributed by atoms with Crippen LogP contribution >= 0.6 is 0 Å². The summed E-state index contributed by atoms with van der Waals surface area (Å²) < 4.78 is 15.3. The van der Waals surface area contributed by atoms with E-state index in [2.05, 4.69) is 5.32 Å². The van der Waals surface area contributed by atoms with Crippen LogP contribution in [0.15, 0.2) is 24.3 Å². The maximum atomic E-state index is 7.70. The first kappa shape index (κ1) is 4.14. The van der Waals surface area contributed by atoms with Crippen molar-refractivity contribution < 1.29 is 2.74 Å². The lowest BCUT2D eigenvalue weighted by Gasteiger charge is -2.15. The topological polar surface area (TPSA) is 12.0 Å². The van der Waals surface area contributed by atoms with Gasteiger partial charge in [-0.1, -0.05) is 24.3 Å². The van der Waals surface area contributed by atoms with Crippen LogP contribution < -0.4 is 5.32 Å². The van der Waals surface area contributed by atoms with Crippen LogP contribution in [0.1, 0.15) is 13.9 Å². The van der Waals surface area contributed by atoms with Gasteiger partial charge in [0.25, 0.3) is 0 Å². The average Bonchev–Trinajstić information content (AvgIpc) is 2.12. The molecule has 0 aliphatic carbocycles. The third kappa shape index (κ3) is 0.929. The summed E-state index contributed by atoms with van der Waals surface area (Å²) >= 11 is 0. The molecule has 1 heterocycles. The minimum absolute atomic E-state index is 0.206. The molecule has 1 N–H and O–H groups in total. The number of rotatable bonds is 0. The maximum Gasteiger partial charge on any atom is 0.0479 e. The van der Waals surface area contributed by atoms with Gasteiger partial charge < -0.3 is 5.32 Å². The van der Waals surface area contributed by atoms with Gasteiger partial charge in [-0.05, 0) is 24.1 Å². The Morgan fingerprint density at radius 1 is 1.30 bits per heavy atom. The third-order valence-corrected chi connectivity index (χ3v) is 1.69. The van der Waals surface area contributed by atoms with Crippen LogP contribution in [0.2, 0.25) is 0 Å². The van der Waals surface area contributed by atoms with Crippen molar-refractivity contribution in [3.05, 3.63) is 35.4 Å². The molecule has 1 aliphatic heterocycles. The van der Waals surface area contributed by atoms with Crippen LogP contribution in [0.4, 0.5) is 0 Å². The van der Waals surface area contributed by atoms with Crippen LogP contribution in [0.3, 0.4) is 0 Å². The van der Waals surface area contributed by atoms with Gasteiger partial charge in [-0.2, -0.15) is 0 Å². The Bertz CT molecular complexity index is 259. The minimum atomic E-state index is -0.345. The molecule has 1 aromatic rings. The van der Waals surface area contributed by atoms with E-state index in [0.29, 0.717) is 6.54 Å². The van der Waals surface area contributed by atoms with Crippen molar-refractivity contribution in [3.63, 3.8) is 0 Å². The summed E-state index contributed by atoms with van der Waals surface area (Å²) in [6.07, 6.45) is -0.206. The Balaban J connectivity index is 2.47. The number of fused-ring (bicyclic) bond motifs is 1. The zero-order valence-electron chi connectivity index (χ0n) is 7.67. The SMILES string of the molecule is [2H]C1CNC([2H])c2ccccc21. The highest BCUT2D eigenvalue weighted by molar-refractivity contribution is 5.28. The van der Waals surface area contributed by atoms with Crippen molar-refractivity contribution in [1.29, 1.82) is 0 Å². The molecule has 0 fully saturated rings. The Labute approximate surface area is 63.9 Å². The second-order valence-electron chi connectivity index (χ2n) is 2.39. The van der Waals surface area contributed by atoms with Crippen molar-refractivity contribution in [2.45, 2.75) is 12.9 Å². The Morgan fingerprint density at radius 3 is 2.90 bits per heavy atom. The van der Waals surface area contributed by atoms with Crippen LogP contribution in [0.25, 0.3) is 0 Å². The molecule has 2 unspecified atom stereocenters. The highest BCUT2D eigenvalue weighted by atomic mass is 14.9. The molecule has 2 rings (SSSR count). The van der Waals surface area contributed by atoms with Crippen molar-refractivity contribution >= 4 is 0 Å². The summed E-state index contributed by atoms with van der Waals surface area (Å²) in [5.74, 6) is 0. The molecule has 0 spiro atoms. The second kappa shape index (κ2) is 2.43. The molecule has 10 heavy (non-hydrogen) atoms. The largest absolute Gasteiger partial charge is 0.312 e. The Morgan fingerprint density at radius 2 is 2.10 bits per heavy atom.